The number of thiazole rings is 1. The van der Waals surface area contributed by atoms with E-state index < -0.39 is 0 Å². The van der Waals surface area contributed by atoms with Gasteiger partial charge in [-0.15, -0.1) is 21.5 Å². The van der Waals surface area contributed by atoms with Crippen LogP contribution in [0.25, 0.3) is 32.9 Å². The van der Waals surface area contributed by atoms with Gasteiger partial charge in [0.2, 0.25) is 0 Å². The van der Waals surface area contributed by atoms with Gasteiger partial charge in [-0.1, -0.05) is 59.4 Å². The van der Waals surface area contributed by atoms with Crippen LogP contribution in [0.1, 0.15) is 11.7 Å². The van der Waals surface area contributed by atoms with Gasteiger partial charge in [-0.05, 0) is 19.1 Å². The van der Waals surface area contributed by atoms with Gasteiger partial charge in [-0.3, -0.25) is 4.79 Å². The lowest BCUT2D eigenvalue weighted by Gasteiger charge is -2.00. The van der Waals surface area contributed by atoms with Gasteiger partial charge >= 0.3 is 5.97 Å². The van der Waals surface area contributed by atoms with Crippen LogP contribution in [0.5, 0.6) is 0 Å². The molecule has 0 saturated carbocycles. The van der Waals surface area contributed by atoms with E-state index in [1.165, 1.54) is 11.8 Å². The molecule has 0 radical (unpaired) electrons. The van der Waals surface area contributed by atoms with Crippen molar-refractivity contribution < 1.29 is 18.5 Å². The van der Waals surface area contributed by atoms with E-state index in [1.54, 1.807) is 18.3 Å². The van der Waals surface area contributed by atoms with Crippen molar-refractivity contribution in [3.05, 3.63) is 66.2 Å². The molecular formula is C22H16N4O4S2. The monoisotopic (exact) mass is 464 g/mol. The highest BCUT2D eigenvalue weighted by molar-refractivity contribution is 8.01. The quantitative estimate of drug-likeness (QED) is 0.239. The van der Waals surface area contributed by atoms with Gasteiger partial charge in [-0.2, -0.15) is 0 Å². The van der Waals surface area contributed by atoms with Crippen molar-refractivity contribution in [3.8, 4) is 22.7 Å². The molecule has 2 aromatic carbocycles. The number of rotatable bonds is 7. The first kappa shape index (κ1) is 20.4. The maximum Gasteiger partial charge on any atom is 0.316 e. The smallest absolute Gasteiger partial charge is 0.316 e. The molecule has 0 N–H and O–H groups in total. The van der Waals surface area contributed by atoms with E-state index in [4.69, 9.17) is 13.7 Å². The number of benzene rings is 2. The predicted molar refractivity (Wildman–Crippen MR) is 120 cm³/mol. The molecule has 3 heterocycles. The largest absolute Gasteiger partial charge is 0.455 e. The number of fused-ring (bicyclic) bond motifs is 1. The van der Waals surface area contributed by atoms with Crippen LogP contribution in [0, 0.1) is 6.92 Å². The standard InChI is InChI=1S/C22H16N4O4S2/c1-13-19(20(26-30-13)14-7-3-2-4-8-14)21-25-24-17(29-21)11-28-18(27)12-31-22-23-15-9-5-6-10-16(15)32-22/h2-10H,11-12H2,1H3. The number of carbonyl (C=O) groups excluding carboxylic acids is 1. The third-order valence-corrected chi connectivity index (χ3v) is 6.69. The van der Waals surface area contributed by atoms with Crippen LogP contribution in [0.2, 0.25) is 0 Å². The average Bonchev–Trinajstić information content (AvgIpc) is 3.54. The van der Waals surface area contributed by atoms with Gasteiger partial charge in [0.25, 0.3) is 11.8 Å². The number of ether oxygens (including phenoxy) is 1. The lowest BCUT2D eigenvalue weighted by molar-refractivity contribution is -0.142. The fourth-order valence-corrected chi connectivity index (χ4v) is 4.91. The highest BCUT2D eigenvalue weighted by atomic mass is 32.2. The normalized spacial score (nSPS) is 11.2. The fourth-order valence-electron chi connectivity index (χ4n) is 3.05. The molecule has 8 nitrogen and oxygen atoms in total. The minimum atomic E-state index is -0.389. The third-order valence-electron chi connectivity index (χ3n) is 4.54. The van der Waals surface area contributed by atoms with Crippen LogP contribution in [0.4, 0.5) is 0 Å². The lowest BCUT2D eigenvalue weighted by Crippen LogP contribution is -2.07. The summed E-state index contributed by atoms with van der Waals surface area (Å²) in [6.07, 6.45) is 0. The summed E-state index contributed by atoms with van der Waals surface area (Å²) < 4.78 is 18.2. The lowest BCUT2D eigenvalue weighted by atomic mass is 10.1. The summed E-state index contributed by atoms with van der Waals surface area (Å²) in [6.45, 7) is 1.66. The first-order valence-electron chi connectivity index (χ1n) is 9.66. The van der Waals surface area contributed by atoms with Crippen molar-refractivity contribution >= 4 is 39.3 Å². The zero-order valence-electron chi connectivity index (χ0n) is 16.8. The number of hydrogen-bond acceptors (Lipinski definition) is 10. The summed E-state index contributed by atoms with van der Waals surface area (Å²) in [7, 11) is 0. The second-order valence-corrected chi connectivity index (χ2v) is 8.98. The number of para-hydroxylation sites is 1. The molecule has 0 spiro atoms. The third kappa shape index (κ3) is 4.27. The van der Waals surface area contributed by atoms with E-state index in [2.05, 4.69) is 20.3 Å². The van der Waals surface area contributed by atoms with Crippen LogP contribution in [0.15, 0.2) is 67.9 Å². The molecule has 160 valence electrons. The van der Waals surface area contributed by atoms with Crippen molar-refractivity contribution in [1.82, 2.24) is 20.3 Å². The highest BCUT2D eigenvalue weighted by Gasteiger charge is 2.22. The van der Waals surface area contributed by atoms with Gasteiger partial charge < -0.3 is 13.7 Å². The van der Waals surface area contributed by atoms with Gasteiger partial charge in [0, 0.05) is 5.56 Å². The van der Waals surface area contributed by atoms with Gasteiger partial charge in [0.15, 0.2) is 10.9 Å². The van der Waals surface area contributed by atoms with Crippen molar-refractivity contribution in [3.63, 3.8) is 0 Å². The van der Waals surface area contributed by atoms with Crippen LogP contribution < -0.4 is 0 Å². The van der Waals surface area contributed by atoms with Crippen LogP contribution in [-0.4, -0.2) is 32.1 Å². The molecular weight excluding hydrogens is 448 g/mol. The molecule has 0 amide bonds. The highest BCUT2D eigenvalue weighted by Crippen LogP contribution is 2.33. The minimum absolute atomic E-state index is 0.114. The minimum Gasteiger partial charge on any atom is -0.455 e. The molecule has 10 heteroatoms. The molecule has 0 saturated heterocycles. The van der Waals surface area contributed by atoms with E-state index in [0.29, 0.717) is 17.0 Å². The summed E-state index contributed by atoms with van der Waals surface area (Å²) in [5.41, 5.74) is 3.03. The second kappa shape index (κ2) is 8.93. The van der Waals surface area contributed by atoms with Crippen LogP contribution in [-0.2, 0) is 16.1 Å². The van der Waals surface area contributed by atoms with Crippen molar-refractivity contribution in [2.24, 2.45) is 0 Å². The number of aromatic nitrogens is 4. The molecule has 3 aromatic heterocycles. The average molecular weight is 465 g/mol. The Kier molecular flexibility index (Phi) is 5.70. The molecule has 0 aliphatic carbocycles. The molecule has 5 aromatic rings. The number of aryl methyl sites for hydroxylation is 1. The predicted octanol–water partition coefficient (Wildman–Crippen LogP) is 5.15. The van der Waals surface area contributed by atoms with E-state index in [1.807, 2.05) is 54.6 Å². The summed E-state index contributed by atoms with van der Waals surface area (Å²) in [5, 5.41) is 12.2. The van der Waals surface area contributed by atoms with Crippen LogP contribution >= 0.6 is 23.1 Å². The van der Waals surface area contributed by atoms with E-state index in [9.17, 15) is 4.79 Å². The Morgan fingerprint density at radius 2 is 1.91 bits per heavy atom. The van der Waals surface area contributed by atoms with Gasteiger partial charge in [0.05, 0.1) is 16.0 Å². The Hall–Kier alpha value is -3.50. The zero-order valence-corrected chi connectivity index (χ0v) is 18.5. The number of hydrogen-bond donors (Lipinski definition) is 0. The Morgan fingerprint density at radius 3 is 2.75 bits per heavy atom. The Balaban J connectivity index is 1.21. The molecule has 32 heavy (non-hydrogen) atoms. The molecule has 5 rings (SSSR count). The number of carbonyl (C=O) groups is 1. The fraction of sp³-hybridized carbons (Fsp3) is 0.136. The number of thioether (sulfide) groups is 1. The van der Waals surface area contributed by atoms with Gasteiger partial charge in [-0.25, -0.2) is 4.98 Å². The first-order chi connectivity index (χ1) is 15.7. The van der Waals surface area contributed by atoms with Crippen LogP contribution in [0.3, 0.4) is 0 Å². The first-order valence-corrected chi connectivity index (χ1v) is 11.5. The van der Waals surface area contributed by atoms with Crippen molar-refractivity contribution in [2.45, 2.75) is 17.9 Å². The summed E-state index contributed by atoms with van der Waals surface area (Å²) in [4.78, 5) is 16.6. The summed E-state index contributed by atoms with van der Waals surface area (Å²) in [6, 6.07) is 17.4. The molecule has 0 aliphatic rings. The molecule has 0 fully saturated rings. The Morgan fingerprint density at radius 1 is 1.09 bits per heavy atom. The van der Waals surface area contributed by atoms with Crippen molar-refractivity contribution in [1.29, 1.82) is 0 Å². The number of esters is 1. The summed E-state index contributed by atoms with van der Waals surface area (Å²) in [5.74, 6) is 0.767. The Bertz CT molecular complexity index is 1340. The van der Waals surface area contributed by atoms with E-state index in [-0.39, 0.29) is 30.1 Å². The maximum absolute atomic E-state index is 12.2. The molecule has 0 unspecified atom stereocenters. The van der Waals surface area contributed by atoms with Gasteiger partial charge in [0.1, 0.15) is 17.0 Å². The molecule has 0 aliphatic heterocycles. The van der Waals surface area contributed by atoms with E-state index in [0.717, 1.165) is 20.1 Å². The topological polar surface area (TPSA) is 104 Å². The van der Waals surface area contributed by atoms with E-state index >= 15 is 0 Å². The maximum atomic E-state index is 12.2. The molecule has 0 atom stereocenters. The Labute approximate surface area is 190 Å². The number of nitrogens with zero attached hydrogens (tertiary/aromatic N) is 4. The second-order valence-electron chi connectivity index (χ2n) is 6.73. The van der Waals surface area contributed by atoms with Crippen molar-refractivity contribution in [2.75, 3.05) is 5.75 Å². The SMILES string of the molecule is Cc1onc(-c2ccccc2)c1-c1nnc(COC(=O)CSc2nc3ccccc3s2)o1. The summed E-state index contributed by atoms with van der Waals surface area (Å²) >= 11 is 2.88. The zero-order chi connectivity index (χ0) is 21.9. The molecule has 0 bridgehead atoms.